The number of methoxy groups -OCH3 is 1. The summed E-state index contributed by atoms with van der Waals surface area (Å²) in [5.74, 6) is -4.77. The minimum absolute atomic E-state index is 0.0161. The van der Waals surface area contributed by atoms with E-state index in [9.17, 15) is 35.9 Å². The molecule has 2 aliphatic rings. The second-order valence-corrected chi connectivity index (χ2v) is 12.5. The number of halogens is 9. The first-order valence-corrected chi connectivity index (χ1v) is 15.7. The third-order valence-corrected chi connectivity index (χ3v) is 9.40. The number of anilines is 2. The van der Waals surface area contributed by atoms with Crippen LogP contribution < -0.4 is 9.80 Å². The number of alkyl halides is 9. The van der Waals surface area contributed by atoms with Crippen LogP contribution in [-0.2, 0) is 40.3 Å². The van der Waals surface area contributed by atoms with E-state index in [1.54, 1.807) is 0 Å². The van der Waals surface area contributed by atoms with E-state index >= 15 is 13.2 Å². The van der Waals surface area contributed by atoms with E-state index in [0.29, 0.717) is 31.4 Å². The van der Waals surface area contributed by atoms with Gasteiger partial charge in [0.05, 0.1) is 37.4 Å². The van der Waals surface area contributed by atoms with Crippen LogP contribution in [0.25, 0.3) is 0 Å². The molecule has 0 N–H and O–H groups in total. The summed E-state index contributed by atoms with van der Waals surface area (Å²) < 4.78 is 135. The molecule has 1 aliphatic carbocycles. The minimum Gasteiger partial charge on any atom is -0.468 e. The van der Waals surface area contributed by atoms with Crippen molar-refractivity contribution >= 4 is 23.5 Å². The first-order chi connectivity index (χ1) is 23.3. The van der Waals surface area contributed by atoms with Gasteiger partial charge in [-0.05, 0) is 59.9 Å². The molecule has 3 aromatic rings. The number of ether oxygens (including phenoxy) is 1. The van der Waals surface area contributed by atoms with Crippen molar-refractivity contribution in [1.29, 1.82) is 0 Å². The van der Waals surface area contributed by atoms with E-state index in [0.717, 1.165) is 21.7 Å². The van der Waals surface area contributed by atoms with Gasteiger partial charge in [0.25, 0.3) is 5.95 Å². The molecule has 1 aromatic heterocycles. The molecule has 9 nitrogen and oxygen atoms in total. The number of rotatable bonds is 7. The highest BCUT2D eigenvalue weighted by molar-refractivity contribution is 6.11. The number of amides is 1. The number of carbonyl (C=O) groups excluding carboxylic acids is 2. The van der Waals surface area contributed by atoms with E-state index in [4.69, 9.17) is 4.74 Å². The first-order valence-electron chi connectivity index (χ1n) is 15.7. The molecule has 1 aliphatic heterocycles. The highest BCUT2D eigenvalue weighted by Gasteiger charge is 2.60. The Morgan fingerprint density at radius 3 is 2.04 bits per heavy atom. The fourth-order valence-corrected chi connectivity index (χ4v) is 7.23. The van der Waals surface area contributed by atoms with Gasteiger partial charge in [-0.25, -0.2) is 0 Å². The molecule has 272 valence electrons. The molecule has 50 heavy (non-hydrogen) atoms. The summed E-state index contributed by atoms with van der Waals surface area (Å²) >= 11 is 0. The maximum Gasteiger partial charge on any atom is 0.416 e. The van der Waals surface area contributed by atoms with E-state index in [1.165, 1.54) is 38.2 Å². The van der Waals surface area contributed by atoms with Gasteiger partial charge in [0.2, 0.25) is 5.91 Å². The number of carbonyl (C=O) groups is 2. The van der Waals surface area contributed by atoms with Crippen LogP contribution in [0.1, 0.15) is 73.7 Å². The predicted molar refractivity (Wildman–Crippen MR) is 159 cm³/mol. The number of tetrazole rings is 1. The smallest absolute Gasteiger partial charge is 0.416 e. The lowest BCUT2D eigenvalue weighted by Crippen LogP contribution is -2.61. The monoisotopic (exact) mass is 720 g/mol. The summed E-state index contributed by atoms with van der Waals surface area (Å²) in [5.41, 5.74) is -5.87. The zero-order valence-electron chi connectivity index (χ0n) is 27.0. The number of aromatic nitrogens is 4. The number of para-hydroxylation sites is 1. The van der Waals surface area contributed by atoms with Crippen LogP contribution in [0, 0.1) is 11.3 Å². The SMILES string of the molecule is CC[C@@H]1C(C(F)(F)F)[C@H](N(Cc2cc(C(F)(F)F)cc(C(F)(F)F)c2)c2nnn(C)n2)c2ccccc2N1C(=O)C1(C(=O)OC)CCCCC1. The van der Waals surface area contributed by atoms with Crippen molar-refractivity contribution in [2.45, 2.75) is 82.6 Å². The zero-order chi connectivity index (χ0) is 36.8. The number of nitrogens with zero attached hydrogens (tertiary/aromatic N) is 6. The molecule has 1 saturated carbocycles. The Bertz CT molecular complexity index is 1680. The number of hydrogen-bond acceptors (Lipinski definition) is 7. The average Bonchev–Trinajstić information content (AvgIpc) is 3.50. The van der Waals surface area contributed by atoms with E-state index < -0.39 is 83.0 Å². The summed E-state index contributed by atoms with van der Waals surface area (Å²) in [4.78, 5) is 30.5. The third-order valence-electron chi connectivity index (χ3n) is 9.40. The molecule has 2 heterocycles. The maximum absolute atomic E-state index is 15.6. The lowest BCUT2D eigenvalue weighted by Gasteiger charge is -2.51. The summed E-state index contributed by atoms with van der Waals surface area (Å²) in [5, 5.41) is 11.5. The van der Waals surface area contributed by atoms with Gasteiger partial charge in [-0.3, -0.25) is 9.59 Å². The summed E-state index contributed by atoms with van der Waals surface area (Å²) in [6.07, 6.45) is -14.2. The second kappa shape index (κ2) is 13.4. The van der Waals surface area contributed by atoms with Gasteiger partial charge in [-0.1, -0.05) is 49.5 Å². The molecule has 3 atom stereocenters. The number of hydrogen-bond donors (Lipinski definition) is 0. The Morgan fingerprint density at radius 2 is 1.54 bits per heavy atom. The summed E-state index contributed by atoms with van der Waals surface area (Å²) in [6.45, 7) is 0.467. The topological polar surface area (TPSA) is 93.5 Å². The zero-order valence-corrected chi connectivity index (χ0v) is 27.0. The van der Waals surface area contributed by atoms with Crippen LogP contribution in [0.3, 0.4) is 0 Å². The van der Waals surface area contributed by atoms with Crippen LogP contribution in [0.5, 0.6) is 0 Å². The van der Waals surface area contributed by atoms with Crippen LogP contribution >= 0.6 is 0 Å². The van der Waals surface area contributed by atoms with Gasteiger partial charge < -0.3 is 14.5 Å². The molecule has 0 bridgehead atoms. The molecule has 5 rings (SSSR count). The summed E-state index contributed by atoms with van der Waals surface area (Å²) in [6, 6.07) is 2.73. The molecule has 1 fully saturated rings. The van der Waals surface area contributed by atoms with Crippen LogP contribution in [0.2, 0.25) is 0 Å². The third kappa shape index (κ3) is 6.84. The Kier molecular flexibility index (Phi) is 9.88. The number of benzene rings is 2. The van der Waals surface area contributed by atoms with Crippen LogP contribution in [0.4, 0.5) is 51.1 Å². The molecule has 0 spiro atoms. The Labute approximate surface area is 280 Å². The predicted octanol–water partition coefficient (Wildman–Crippen LogP) is 7.42. The molecule has 1 unspecified atom stereocenters. The molecular formula is C32H33F9N6O3. The van der Waals surface area contributed by atoms with Crippen molar-refractivity contribution in [3.8, 4) is 0 Å². The van der Waals surface area contributed by atoms with Gasteiger partial charge in [0.15, 0.2) is 0 Å². The van der Waals surface area contributed by atoms with Crippen LogP contribution in [0.15, 0.2) is 42.5 Å². The maximum atomic E-state index is 15.6. The quantitative estimate of drug-likeness (QED) is 0.143. The Balaban J connectivity index is 1.75. The standard InChI is InChI=1S/C32H33F9N6O3/c1-4-22-24(32(39,40)41)25(21-10-6-7-11-23(21)47(22)26(48)29(27(49)50-3)12-8-5-9-13-29)46(28-42-44-45(2)43-28)17-18-14-19(30(33,34)35)16-20(15-18)31(36,37)38/h6-7,10-11,14-16,22,24-25H,4-5,8-9,12-13,17H2,1-3H3/t22-,24?,25-/m1/s1. The highest BCUT2D eigenvalue weighted by atomic mass is 19.4. The van der Waals surface area contributed by atoms with E-state index in [-0.39, 0.29) is 36.6 Å². The number of esters is 1. The van der Waals surface area contributed by atoms with Crippen molar-refractivity contribution in [3.63, 3.8) is 0 Å². The Hall–Kier alpha value is -4.38. The van der Waals surface area contributed by atoms with Crippen molar-refractivity contribution in [2.75, 3.05) is 16.9 Å². The fraction of sp³-hybridized carbons (Fsp3) is 0.531. The van der Waals surface area contributed by atoms with Gasteiger partial charge in [0, 0.05) is 12.2 Å². The van der Waals surface area contributed by atoms with E-state index in [2.05, 4.69) is 15.4 Å². The number of aryl methyl sites for hydroxylation is 1. The molecule has 1 amide bonds. The van der Waals surface area contributed by atoms with Crippen LogP contribution in [-0.4, -0.2) is 51.4 Å². The normalized spacial score (nSPS) is 21.0. The van der Waals surface area contributed by atoms with Gasteiger partial charge in [-0.2, -0.15) is 44.3 Å². The lowest BCUT2D eigenvalue weighted by molar-refractivity contribution is -0.190. The molecule has 0 radical (unpaired) electrons. The highest BCUT2D eigenvalue weighted by Crippen LogP contribution is 2.54. The fourth-order valence-electron chi connectivity index (χ4n) is 7.23. The van der Waals surface area contributed by atoms with Crippen molar-refractivity contribution in [2.24, 2.45) is 18.4 Å². The van der Waals surface area contributed by atoms with Crippen molar-refractivity contribution < 1.29 is 53.8 Å². The van der Waals surface area contributed by atoms with Crippen molar-refractivity contribution in [1.82, 2.24) is 20.2 Å². The van der Waals surface area contributed by atoms with Gasteiger partial charge in [0.1, 0.15) is 11.3 Å². The van der Waals surface area contributed by atoms with Gasteiger partial charge in [-0.15, -0.1) is 5.10 Å². The summed E-state index contributed by atoms with van der Waals surface area (Å²) in [7, 11) is 2.37. The molecule has 2 aromatic carbocycles. The first kappa shape index (κ1) is 36.9. The minimum atomic E-state index is -5.22. The molecular weight excluding hydrogens is 687 g/mol. The van der Waals surface area contributed by atoms with E-state index in [1.807, 2.05) is 0 Å². The molecule has 0 saturated heterocycles. The van der Waals surface area contributed by atoms with Gasteiger partial charge >= 0.3 is 24.5 Å². The number of fused-ring (bicyclic) bond motifs is 1. The average molecular weight is 721 g/mol. The molecule has 18 heteroatoms. The lowest BCUT2D eigenvalue weighted by atomic mass is 9.70. The van der Waals surface area contributed by atoms with Crippen molar-refractivity contribution in [3.05, 3.63) is 64.7 Å². The largest absolute Gasteiger partial charge is 0.468 e. The Morgan fingerprint density at radius 1 is 0.940 bits per heavy atom. The second-order valence-electron chi connectivity index (χ2n) is 12.5.